The summed E-state index contributed by atoms with van der Waals surface area (Å²) in [5, 5.41) is 8.27. The predicted molar refractivity (Wildman–Crippen MR) is 106 cm³/mol. The van der Waals surface area contributed by atoms with Gasteiger partial charge in [0.1, 0.15) is 17.0 Å². The van der Waals surface area contributed by atoms with Crippen molar-refractivity contribution in [3.05, 3.63) is 30.6 Å². The Bertz CT molecular complexity index is 1000. The van der Waals surface area contributed by atoms with Gasteiger partial charge in [-0.25, -0.2) is 4.98 Å². The molecule has 3 aliphatic rings. The Labute approximate surface area is 162 Å². The fourth-order valence-corrected chi connectivity index (χ4v) is 4.59. The van der Waals surface area contributed by atoms with Crippen molar-refractivity contribution in [1.82, 2.24) is 20.2 Å². The highest BCUT2D eigenvalue weighted by Gasteiger charge is 2.40. The molecule has 6 heterocycles. The highest BCUT2D eigenvalue weighted by molar-refractivity contribution is 6.00. The molecule has 3 aromatic rings. The topological polar surface area (TPSA) is 79.4 Å². The van der Waals surface area contributed by atoms with E-state index in [2.05, 4.69) is 37.1 Å². The monoisotopic (exact) mass is 378 g/mol. The van der Waals surface area contributed by atoms with Crippen LogP contribution in [-0.4, -0.2) is 71.8 Å². The van der Waals surface area contributed by atoms with Gasteiger partial charge in [0.05, 0.1) is 43.3 Å². The molecule has 0 unspecified atom stereocenters. The van der Waals surface area contributed by atoms with E-state index in [0.29, 0.717) is 12.1 Å². The van der Waals surface area contributed by atoms with Gasteiger partial charge in [0.25, 0.3) is 0 Å². The molecule has 0 amide bonds. The highest BCUT2D eigenvalue weighted by Crippen LogP contribution is 2.39. The number of fused-ring (bicyclic) bond motifs is 3. The summed E-state index contributed by atoms with van der Waals surface area (Å²) in [5.74, 6) is 0.989. The number of ether oxygens (including phenoxy) is 2. The Morgan fingerprint density at radius 3 is 2.82 bits per heavy atom. The summed E-state index contributed by atoms with van der Waals surface area (Å²) in [7, 11) is 0. The second-order valence-electron chi connectivity index (χ2n) is 7.62. The van der Waals surface area contributed by atoms with Gasteiger partial charge < -0.3 is 19.3 Å². The van der Waals surface area contributed by atoms with E-state index in [-0.39, 0.29) is 0 Å². The Hall–Kier alpha value is -2.71. The molecular formula is C20H22N6O2. The third kappa shape index (κ3) is 2.56. The second kappa shape index (κ2) is 6.42. The van der Waals surface area contributed by atoms with Crippen LogP contribution in [0.25, 0.3) is 22.3 Å². The average molecular weight is 378 g/mol. The number of nitrogens with one attached hydrogen (secondary N) is 1. The Morgan fingerprint density at radius 2 is 2.07 bits per heavy atom. The van der Waals surface area contributed by atoms with Gasteiger partial charge in [-0.3, -0.25) is 10.1 Å². The summed E-state index contributed by atoms with van der Waals surface area (Å²) in [6.07, 6.45) is 5.06. The largest absolute Gasteiger partial charge is 0.378 e. The van der Waals surface area contributed by atoms with Gasteiger partial charge >= 0.3 is 0 Å². The summed E-state index contributed by atoms with van der Waals surface area (Å²) in [5.41, 5.74) is 3.86. The molecule has 8 heteroatoms. The standard InChI is InChI=1S/C20H22N6O2/c1-3-21-20(16-2-4-22-24-16)19-15(1)17(26-11-14-9-13(26)12-28-14)10-18(23-19)25-5-7-27-8-6-25/h1-4,10,13-14H,5-9,11-12H2,(H,22,24)/t13-,14-/m0/s1. The minimum Gasteiger partial charge on any atom is -0.378 e. The first-order valence-corrected chi connectivity index (χ1v) is 9.87. The summed E-state index contributed by atoms with van der Waals surface area (Å²) >= 11 is 0. The molecule has 8 nitrogen and oxygen atoms in total. The van der Waals surface area contributed by atoms with Crippen LogP contribution in [0.4, 0.5) is 11.5 Å². The molecule has 2 atom stereocenters. The second-order valence-corrected chi connectivity index (χ2v) is 7.62. The van der Waals surface area contributed by atoms with E-state index in [4.69, 9.17) is 14.5 Å². The minimum atomic E-state index is 0.342. The van der Waals surface area contributed by atoms with Gasteiger partial charge in [-0.15, -0.1) is 0 Å². The molecule has 3 aliphatic heterocycles. The lowest BCUT2D eigenvalue weighted by Gasteiger charge is -2.33. The van der Waals surface area contributed by atoms with Crippen molar-refractivity contribution in [3.63, 3.8) is 0 Å². The first-order chi connectivity index (χ1) is 13.9. The Morgan fingerprint density at radius 1 is 1.14 bits per heavy atom. The van der Waals surface area contributed by atoms with Crippen molar-refractivity contribution in [2.24, 2.45) is 0 Å². The number of pyridine rings is 2. The number of anilines is 2. The molecule has 0 aliphatic carbocycles. The molecule has 3 aromatic heterocycles. The van der Waals surface area contributed by atoms with Crippen molar-refractivity contribution < 1.29 is 9.47 Å². The van der Waals surface area contributed by atoms with E-state index in [0.717, 1.165) is 74.0 Å². The SMILES string of the molecule is c1cc(-c2nccc3c(N4C[C@@H]5C[C@H]4CO5)cc(N4CCOCC4)nc23)[nH]n1. The van der Waals surface area contributed by atoms with Crippen LogP contribution in [0.1, 0.15) is 6.42 Å². The maximum absolute atomic E-state index is 5.84. The summed E-state index contributed by atoms with van der Waals surface area (Å²) < 4.78 is 11.4. The van der Waals surface area contributed by atoms with Gasteiger partial charge in [0.15, 0.2) is 0 Å². The van der Waals surface area contributed by atoms with Crippen LogP contribution < -0.4 is 9.80 Å². The molecule has 2 bridgehead atoms. The number of aromatic amines is 1. The van der Waals surface area contributed by atoms with Gasteiger partial charge in [0.2, 0.25) is 0 Å². The van der Waals surface area contributed by atoms with Crippen LogP contribution in [0.2, 0.25) is 0 Å². The zero-order valence-corrected chi connectivity index (χ0v) is 15.5. The van der Waals surface area contributed by atoms with Crippen LogP contribution in [0.15, 0.2) is 30.6 Å². The van der Waals surface area contributed by atoms with Crippen LogP contribution in [0, 0.1) is 0 Å². The maximum Gasteiger partial charge on any atom is 0.131 e. The smallest absolute Gasteiger partial charge is 0.131 e. The molecule has 144 valence electrons. The molecule has 3 fully saturated rings. The third-order valence-electron chi connectivity index (χ3n) is 5.99. The van der Waals surface area contributed by atoms with Crippen molar-refractivity contribution in [2.45, 2.75) is 18.6 Å². The number of hydrogen-bond acceptors (Lipinski definition) is 7. The number of nitrogens with zero attached hydrogens (tertiary/aromatic N) is 5. The van der Waals surface area contributed by atoms with E-state index >= 15 is 0 Å². The zero-order valence-electron chi connectivity index (χ0n) is 15.5. The molecule has 0 aromatic carbocycles. The maximum atomic E-state index is 5.84. The normalized spacial score (nSPS) is 24.4. The van der Waals surface area contributed by atoms with E-state index in [1.54, 1.807) is 6.20 Å². The lowest BCUT2D eigenvalue weighted by molar-refractivity contribution is 0.0992. The van der Waals surface area contributed by atoms with Crippen LogP contribution in [0.5, 0.6) is 0 Å². The Kier molecular flexibility index (Phi) is 3.73. The molecule has 0 radical (unpaired) electrons. The highest BCUT2D eigenvalue weighted by atomic mass is 16.5. The van der Waals surface area contributed by atoms with Crippen LogP contribution >= 0.6 is 0 Å². The third-order valence-corrected chi connectivity index (χ3v) is 5.99. The molecule has 3 saturated heterocycles. The summed E-state index contributed by atoms with van der Waals surface area (Å²) in [6.45, 7) is 4.92. The Balaban J connectivity index is 1.55. The van der Waals surface area contributed by atoms with E-state index in [1.807, 2.05) is 12.3 Å². The summed E-state index contributed by atoms with van der Waals surface area (Å²) in [6, 6.07) is 6.70. The minimum absolute atomic E-state index is 0.342. The predicted octanol–water partition coefficient (Wildman–Crippen LogP) is 1.83. The van der Waals surface area contributed by atoms with Crippen molar-refractivity contribution in [2.75, 3.05) is 49.3 Å². The first-order valence-electron chi connectivity index (χ1n) is 9.87. The number of rotatable bonds is 3. The number of H-pyrrole nitrogens is 1. The molecular weight excluding hydrogens is 356 g/mol. The average Bonchev–Trinajstić information content (AvgIpc) is 3.51. The first kappa shape index (κ1) is 16.3. The fourth-order valence-electron chi connectivity index (χ4n) is 4.59. The fraction of sp³-hybridized carbons (Fsp3) is 0.450. The number of aromatic nitrogens is 4. The van der Waals surface area contributed by atoms with Crippen molar-refractivity contribution >= 4 is 22.4 Å². The lowest BCUT2D eigenvalue weighted by atomic mass is 10.1. The molecule has 0 spiro atoms. The summed E-state index contributed by atoms with van der Waals surface area (Å²) in [4.78, 5) is 14.5. The van der Waals surface area contributed by atoms with Crippen LogP contribution in [0.3, 0.4) is 0 Å². The zero-order chi connectivity index (χ0) is 18.5. The molecule has 6 rings (SSSR count). The molecule has 28 heavy (non-hydrogen) atoms. The lowest BCUT2D eigenvalue weighted by Crippen LogP contribution is -2.38. The molecule has 0 saturated carbocycles. The van der Waals surface area contributed by atoms with Crippen molar-refractivity contribution in [1.29, 1.82) is 0 Å². The van der Waals surface area contributed by atoms with Gasteiger partial charge in [0, 0.05) is 43.5 Å². The van der Waals surface area contributed by atoms with E-state index in [1.165, 1.54) is 5.69 Å². The number of morpholine rings is 2. The van der Waals surface area contributed by atoms with Gasteiger partial charge in [-0.05, 0) is 18.6 Å². The van der Waals surface area contributed by atoms with E-state index in [9.17, 15) is 0 Å². The number of hydrogen-bond donors (Lipinski definition) is 1. The van der Waals surface area contributed by atoms with Crippen molar-refractivity contribution in [3.8, 4) is 11.4 Å². The quantitative estimate of drug-likeness (QED) is 0.745. The van der Waals surface area contributed by atoms with Crippen LogP contribution in [-0.2, 0) is 9.47 Å². The molecule has 1 N–H and O–H groups in total. The van der Waals surface area contributed by atoms with Gasteiger partial charge in [-0.2, -0.15) is 5.10 Å². The van der Waals surface area contributed by atoms with Gasteiger partial charge in [-0.1, -0.05) is 0 Å². The van der Waals surface area contributed by atoms with E-state index < -0.39 is 0 Å².